The van der Waals surface area contributed by atoms with Crippen LogP contribution in [0.2, 0.25) is 0 Å². The maximum Gasteiger partial charge on any atom is 0.573 e. The van der Waals surface area contributed by atoms with Crippen LogP contribution < -0.4 is 9.04 Å². The van der Waals surface area contributed by atoms with Crippen molar-refractivity contribution in [3.8, 4) is 16.9 Å². The van der Waals surface area contributed by atoms with Crippen molar-refractivity contribution >= 4 is 17.0 Å². The molecule has 1 aliphatic carbocycles. The highest BCUT2D eigenvalue weighted by Crippen LogP contribution is 2.38. The van der Waals surface area contributed by atoms with E-state index in [1.54, 1.807) is 36.5 Å². The summed E-state index contributed by atoms with van der Waals surface area (Å²) >= 11 is -2.51. The zero-order valence-corrected chi connectivity index (χ0v) is 16.4. The maximum absolute atomic E-state index is 12.5. The van der Waals surface area contributed by atoms with Gasteiger partial charge in [-0.1, -0.05) is 24.3 Å². The Bertz CT molecular complexity index is 1050. The Morgan fingerprint density at radius 3 is 2.63 bits per heavy atom. The molecule has 1 N–H and O–H groups in total. The van der Waals surface area contributed by atoms with Crippen LogP contribution in [0.1, 0.15) is 30.1 Å². The van der Waals surface area contributed by atoms with Crippen LogP contribution in [0.5, 0.6) is 5.75 Å². The summed E-state index contributed by atoms with van der Waals surface area (Å²) in [5.74, 6) is -0.318. The molecule has 3 aromatic rings. The lowest BCUT2D eigenvalue weighted by atomic mass is 9.93. The lowest BCUT2D eigenvalue weighted by Crippen LogP contribution is -2.32. The van der Waals surface area contributed by atoms with E-state index in [0.29, 0.717) is 23.2 Å². The number of anilines is 1. The van der Waals surface area contributed by atoms with Crippen molar-refractivity contribution in [1.29, 1.82) is 0 Å². The fourth-order valence-electron chi connectivity index (χ4n) is 3.72. The minimum Gasteiger partial charge on any atom is -0.755 e. The first kappa shape index (κ1) is 20.4. The third-order valence-electron chi connectivity index (χ3n) is 4.98. The van der Waals surface area contributed by atoms with Crippen molar-refractivity contribution in [2.75, 3.05) is 4.31 Å². The normalized spacial score (nSPS) is 17.3. The third-order valence-corrected chi connectivity index (χ3v) is 5.77. The number of aryl methyl sites for hydroxylation is 1. The second-order valence-corrected chi connectivity index (χ2v) is 7.70. The molecule has 158 valence electrons. The summed E-state index contributed by atoms with van der Waals surface area (Å²) in [5.41, 5.74) is 3.41. The number of hydrogen-bond donors (Lipinski definition) is 1. The Labute approximate surface area is 173 Å². The predicted molar refractivity (Wildman–Crippen MR) is 104 cm³/mol. The second kappa shape index (κ2) is 8.11. The van der Waals surface area contributed by atoms with Crippen LogP contribution in [0.25, 0.3) is 11.1 Å². The molecule has 0 aliphatic heterocycles. The van der Waals surface area contributed by atoms with E-state index in [0.717, 1.165) is 24.1 Å². The number of ether oxygens (including phenoxy) is 1. The minimum atomic E-state index is -4.77. The van der Waals surface area contributed by atoms with Gasteiger partial charge in [-0.05, 0) is 54.7 Å². The van der Waals surface area contributed by atoms with E-state index in [-0.39, 0.29) is 11.8 Å². The SMILES string of the molecule is O=S([O-])N(c1ccc(-c2cccc(OC(F)(F)F)c2)cc1)C1CCCc2[nH]ncc21. The average molecular weight is 436 g/mol. The number of benzene rings is 2. The minimum absolute atomic E-state index is 0.318. The van der Waals surface area contributed by atoms with Gasteiger partial charge in [0.15, 0.2) is 0 Å². The van der Waals surface area contributed by atoms with Gasteiger partial charge >= 0.3 is 6.36 Å². The van der Waals surface area contributed by atoms with E-state index in [4.69, 9.17) is 0 Å². The molecule has 2 unspecified atom stereocenters. The highest BCUT2D eigenvalue weighted by molar-refractivity contribution is 7.80. The van der Waals surface area contributed by atoms with Gasteiger partial charge < -0.3 is 9.29 Å². The summed E-state index contributed by atoms with van der Waals surface area (Å²) in [4.78, 5) is 0. The number of fused-ring (bicyclic) bond motifs is 1. The van der Waals surface area contributed by atoms with Crippen LogP contribution in [0, 0.1) is 0 Å². The largest absolute Gasteiger partial charge is 0.755 e. The summed E-state index contributed by atoms with van der Waals surface area (Å²) < 4.78 is 66.7. The fraction of sp³-hybridized carbons (Fsp3) is 0.250. The van der Waals surface area contributed by atoms with Crippen molar-refractivity contribution in [1.82, 2.24) is 10.2 Å². The quantitative estimate of drug-likeness (QED) is 0.590. The number of hydrogen-bond acceptors (Lipinski definition) is 4. The number of aromatic nitrogens is 2. The van der Waals surface area contributed by atoms with Gasteiger partial charge in [-0.3, -0.25) is 13.6 Å². The van der Waals surface area contributed by atoms with Crippen molar-refractivity contribution in [2.45, 2.75) is 31.7 Å². The lowest BCUT2D eigenvalue weighted by Gasteiger charge is -2.36. The van der Waals surface area contributed by atoms with Gasteiger partial charge in [-0.15, -0.1) is 13.2 Å². The second-order valence-electron chi connectivity index (χ2n) is 6.88. The third kappa shape index (κ3) is 4.34. The molecule has 0 amide bonds. The number of aromatic amines is 1. The number of nitrogens with zero attached hydrogens (tertiary/aromatic N) is 2. The molecule has 0 spiro atoms. The number of halogens is 3. The highest BCUT2D eigenvalue weighted by Gasteiger charge is 2.31. The van der Waals surface area contributed by atoms with Crippen LogP contribution in [0.15, 0.2) is 54.7 Å². The average Bonchev–Trinajstić information content (AvgIpc) is 3.17. The predicted octanol–water partition coefficient (Wildman–Crippen LogP) is 4.65. The van der Waals surface area contributed by atoms with Gasteiger partial charge in [0.25, 0.3) is 0 Å². The number of nitrogens with one attached hydrogen (secondary N) is 1. The van der Waals surface area contributed by atoms with Crippen molar-refractivity contribution in [2.24, 2.45) is 0 Å². The van der Waals surface area contributed by atoms with Crippen LogP contribution in [-0.2, 0) is 17.7 Å². The molecule has 6 nitrogen and oxygen atoms in total. The topological polar surface area (TPSA) is 81.3 Å². The molecule has 1 aromatic heterocycles. The molecular formula is C20H17F3N3O3S-. The molecule has 2 aromatic carbocycles. The van der Waals surface area contributed by atoms with Gasteiger partial charge in [0.2, 0.25) is 0 Å². The first-order valence-corrected chi connectivity index (χ1v) is 10.2. The van der Waals surface area contributed by atoms with E-state index in [9.17, 15) is 21.9 Å². The molecule has 4 rings (SSSR count). The van der Waals surface area contributed by atoms with Gasteiger partial charge in [0, 0.05) is 28.2 Å². The van der Waals surface area contributed by atoms with E-state index in [1.165, 1.54) is 22.5 Å². The van der Waals surface area contributed by atoms with Gasteiger partial charge in [-0.2, -0.15) is 5.10 Å². The zero-order valence-electron chi connectivity index (χ0n) is 15.6. The summed E-state index contributed by atoms with van der Waals surface area (Å²) in [6.07, 6.45) is -0.802. The molecule has 0 bridgehead atoms. The van der Waals surface area contributed by atoms with Crippen molar-refractivity contribution in [3.05, 3.63) is 66.0 Å². The Hall–Kier alpha value is -2.85. The number of H-pyrrole nitrogens is 1. The molecule has 0 fully saturated rings. The Morgan fingerprint density at radius 1 is 1.17 bits per heavy atom. The van der Waals surface area contributed by atoms with Crippen molar-refractivity contribution < 1.29 is 26.7 Å². The van der Waals surface area contributed by atoms with E-state index in [1.807, 2.05) is 0 Å². The van der Waals surface area contributed by atoms with Crippen molar-refractivity contribution in [3.63, 3.8) is 0 Å². The Morgan fingerprint density at radius 2 is 1.93 bits per heavy atom. The Kier molecular flexibility index (Phi) is 5.52. The van der Waals surface area contributed by atoms with E-state index >= 15 is 0 Å². The summed E-state index contributed by atoms with van der Waals surface area (Å²) in [5, 5.41) is 6.95. The summed E-state index contributed by atoms with van der Waals surface area (Å²) in [6.45, 7) is 0. The molecule has 0 saturated heterocycles. The lowest BCUT2D eigenvalue weighted by molar-refractivity contribution is -0.274. The summed E-state index contributed by atoms with van der Waals surface area (Å²) in [6, 6.07) is 11.9. The maximum atomic E-state index is 12.5. The van der Waals surface area contributed by atoms with Crippen LogP contribution >= 0.6 is 0 Å². The zero-order chi connectivity index (χ0) is 21.3. The molecule has 0 saturated carbocycles. The molecule has 30 heavy (non-hydrogen) atoms. The smallest absolute Gasteiger partial charge is 0.573 e. The van der Waals surface area contributed by atoms with E-state index in [2.05, 4.69) is 14.9 Å². The number of alkyl halides is 3. The monoisotopic (exact) mass is 436 g/mol. The molecular weight excluding hydrogens is 419 g/mol. The fourth-order valence-corrected chi connectivity index (χ4v) is 4.44. The number of rotatable bonds is 5. The molecule has 10 heteroatoms. The molecule has 1 heterocycles. The van der Waals surface area contributed by atoms with Crippen LogP contribution in [0.4, 0.5) is 18.9 Å². The molecule has 2 atom stereocenters. The van der Waals surface area contributed by atoms with Gasteiger partial charge in [-0.25, -0.2) is 0 Å². The summed E-state index contributed by atoms with van der Waals surface area (Å²) in [7, 11) is 0. The molecule has 0 radical (unpaired) electrons. The first-order chi connectivity index (χ1) is 14.3. The highest BCUT2D eigenvalue weighted by atomic mass is 32.2. The Balaban J connectivity index is 1.61. The van der Waals surface area contributed by atoms with E-state index < -0.39 is 17.6 Å². The van der Waals surface area contributed by atoms with Crippen LogP contribution in [0.3, 0.4) is 0 Å². The van der Waals surface area contributed by atoms with Gasteiger partial charge in [0.05, 0.1) is 12.2 Å². The first-order valence-electron chi connectivity index (χ1n) is 9.19. The van der Waals surface area contributed by atoms with Crippen LogP contribution in [-0.4, -0.2) is 25.3 Å². The standard InChI is InChI=1S/C20H18F3N3O3S/c21-20(22,23)29-16-4-1-3-14(11-16)13-7-9-15(10-8-13)26(30(27)28)19-6-2-5-18-17(19)12-24-25-18/h1,3-4,7-12,19H,2,5-6H2,(H,24,25)(H,27,28)/p-1. The molecule has 1 aliphatic rings. The van der Waals surface area contributed by atoms with Gasteiger partial charge in [0.1, 0.15) is 5.75 Å².